The molecule has 2 N–H and O–H groups in total. The van der Waals surface area contributed by atoms with Crippen molar-refractivity contribution in [2.45, 2.75) is 37.6 Å². The standard InChI is InChI=1S/C12H13NO2/c1-2-5-13-11(14)9-7-3-4-8(6-7)10(9)12(13)15/h1,7-8,14-15H,3-6H2/t7-,8+. The van der Waals surface area contributed by atoms with Gasteiger partial charge in [-0.05, 0) is 31.1 Å². The van der Waals surface area contributed by atoms with Crippen LogP contribution in [0.1, 0.15) is 42.2 Å². The molecule has 0 amide bonds. The van der Waals surface area contributed by atoms with Crippen molar-refractivity contribution in [3.8, 4) is 24.1 Å². The molecule has 0 spiro atoms. The largest absolute Gasteiger partial charge is 0.494 e. The third kappa shape index (κ3) is 0.918. The minimum absolute atomic E-state index is 0.188. The fourth-order valence-electron chi connectivity index (χ4n) is 3.18. The molecule has 2 aliphatic carbocycles. The Hall–Kier alpha value is -1.56. The monoisotopic (exact) mass is 203 g/mol. The summed E-state index contributed by atoms with van der Waals surface area (Å²) in [6.45, 7) is 0.240. The normalized spacial score (nSPS) is 26.6. The van der Waals surface area contributed by atoms with Gasteiger partial charge < -0.3 is 10.2 Å². The molecule has 1 saturated carbocycles. The molecule has 1 fully saturated rings. The van der Waals surface area contributed by atoms with Crippen LogP contribution in [0.4, 0.5) is 0 Å². The number of terminal acetylenes is 1. The summed E-state index contributed by atoms with van der Waals surface area (Å²) in [7, 11) is 0. The number of rotatable bonds is 1. The van der Waals surface area contributed by atoms with E-state index in [2.05, 4.69) is 5.92 Å². The van der Waals surface area contributed by atoms with Gasteiger partial charge >= 0.3 is 0 Å². The number of nitrogens with zero attached hydrogens (tertiary/aromatic N) is 1. The summed E-state index contributed by atoms with van der Waals surface area (Å²) in [5, 5.41) is 20.0. The Morgan fingerprint density at radius 1 is 1.20 bits per heavy atom. The Balaban J connectivity index is 2.20. The van der Waals surface area contributed by atoms with Crippen molar-refractivity contribution in [3.05, 3.63) is 11.1 Å². The third-order valence-electron chi connectivity index (χ3n) is 3.78. The quantitative estimate of drug-likeness (QED) is 0.685. The summed E-state index contributed by atoms with van der Waals surface area (Å²) >= 11 is 0. The topological polar surface area (TPSA) is 45.4 Å². The van der Waals surface area contributed by atoms with E-state index in [0.29, 0.717) is 11.8 Å². The minimum atomic E-state index is 0.188. The van der Waals surface area contributed by atoms with E-state index in [-0.39, 0.29) is 18.3 Å². The van der Waals surface area contributed by atoms with Gasteiger partial charge in [-0.25, -0.2) is 0 Å². The van der Waals surface area contributed by atoms with E-state index in [1.807, 2.05) is 0 Å². The minimum Gasteiger partial charge on any atom is -0.494 e. The van der Waals surface area contributed by atoms with Crippen molar-refractivity contribution in [2.75, 3.05) is 0 Å². The molecule has 1 aromatic heterocycles. The lowest BCUT2D eigenvalue weighted by atomic mass is 9.95. The van der Waals surface area contributed by atoms with E-state index < -0.39 is 0 Å². The van der Waals surface area contributed by atoms with Crippen molar-refractivity contribution in [2.24, 2.45) is 0 Å². The highest BCUT2D eigenvalue weighted by atomic mass is 16.3. The van der Waals surface area contributed by atoms with E-state index in [4.69, 9.17) is 6.42 Å². The van der Waals surface area contributed by atoms with Gasteiger partial charge in [0.25, 0.3) is 0 Å². The Bertz CT molecular complexity index is 433. The van der Waals surface area contributed by atoms with Crippen LogP contribution < -0.4 is 0 Å². The molecule has 15 heavy (non-hydrogen) atoms. The number of hydrogen-bond donors (Lipinski definition) is 2. The zero-order valence-electron chi connectivity index (χ0n) is 8.40. The molecule has 0 unspecified atom stereocenters. The van der Waals surface area contributed by atoms with Crippen LogP contribution in [0.2, 0.25) is 0 Å². The van der Waals surface area contributed by atoms with Gasteiger partial charge in [0.05, 0.1) is 6.54 Å². The molecule has 2 atom stereocenters. The highest BCUT2D eigenvalue weighted by Crippen LogP contribution is 2.59. The Morgan fingerprint density at radius 3 is 2.20 bits per heavy atom. The van der Waals surface area contributed by atoms with Crippen LogP contribution in [0, 0.1) is 12.3 Å². The molecule has 3 heteroatoms. The average Bonchev–Trinajstić information content (AvgIpc) is 2.87. The molecule has 3 rings (SSSR count). The first kappa shape index (κ1) is 8.72. The summed E-state index contributed by atoms with van der Waals surface area (Å²) in [5.41, 5.74) is 1.91. The number of hydrogen-bond acceptors (Lipinski definition) is 2. The molecule has 2 bridgehead atoms. The van der Waals surface area contributed by atoms with Crippen molar-refractivity contribution < 1.29 is 10.2 Å². The predicted octanol–water partition coefficient (Wildman–Crippen LogP) is 1.90. The zero-order valence-corrected chi connectivity index (χ0v) is 8.40. The van der Waals surface area contributed by atoms with E-state index in [1.165, 1.54) is 4.57 Å². The third-order valence-corrected chi connectivity index (χ3v) is 3.78. The first-order valence-corrected chi connectivity index (χ1v) is 5.31. The molecule has 0 aliphatic heterocycles. The van der Waals surface area contributed by atoms with Gasteiger partial charge in [-0.3, -0.25) is 4.57 Å². The molecule has 2 aliphatic rings. The SMILES string of the molecule is C#CCn1c(O)c2c(c1O)[C@H]1CC[C@@H]2C1. The van der Waals surface area contributed by atoms with Crippen LogP contribution in [0.5, 0.6) is 11.8 Å². The lowest BCUT2D eigenvalue weighted by molar-refractivity contribution is 0.373. The zero-order chi connectivity index (χ0) is 10.6. The number of aromatic nitrogens is 1. The lowest BCUT2D eigenvalue weighted by Crippen LogP contribution is -1.96. The van der Waals surface area contributed by atoms with Gasteiger partial charge in [-0.15, -0.1) is 6.42 Å². The summed E-state index contributed by atoms with van der Waals surface area (Å²) in [6, 6.07) is 0. The Kier molecular flexibility index (Phi) is 1.59. The highest BCUT2D eigenvalue weighted by molar-refractivity contribution is 5.54. The predicted molar refractivity (Wildman–Crippen MR) is 55.9 cm³/mol. The summed E-state index contributed by atoms with van der Waals surface area (Å²) in [4.78, 5) is 0. The van der Waals surface area contributed by atoms with Crippen LogP contribution in [-0.4, -0.2) is 14.8 Å². The summed E-state index contributed by atoms with van der Waals surface area (Å²) in [5.74, 6) is 3.70. The van der Waals surface area contributed by atoms with Gasteiger partial charge in [-0.2, -0.15) is 0 Å². The smallest absolute Gasteiger partial charge is 0.198 e. The maximum atomic E-state index is 9.99. The van der Waals surface area contributed by atoms with E-state index >= 15 is 0 Å². The van der Waals surface area contributed by atoms with Gasteiger partial charge in [0.15, 0.2) is 11.8 Å². The second kappa shape index (κ2) is 2.73. The first-order chi connectivity index (χ1) is 7.24. The van der Waals surface area contributed by atoms with E-state index in [9.17, 15) is 10.2 Å². The maximum Gasteiger partial charge on any atom is 0.198 e. The molecule has 3 nitrogen and oxygen atoms in total. The van der Waals surface area contributed by atoms with Crippen LogP contribution in [0.25, 0.3) is 0 Å². The van der Waals surface area contributed by atoms with E-state index in [1.54, 1.807) is 0 Å². The van der Waals surface area contributed by atoms with Crippen LogP contribution in [0.15, 0.2) is 0 Å². The summed E-state index contributed by atoms with van der Waals surface area (Å²) in [6.07, 6.45) is 8.55. The van der Waals surface area contributed by atoms with Gasteiger partial charge in [0.1, 0.15) is 0 Å². The van der Waals surface area contributed by atoms with E-state index in [0.717, 1.165) is 30.4 Å². The highest BCUT2D eigenvalue weighted by Gasteiger charge is 2.43. The van der Waals surface area contributed by atoms with Crippen LogP contribution in [0.3, 0.4) is 0 Å². The average molecular weight is 203 g/mol. The Morgan fingerprint density at radius 2 is 1.73 bits per heavy atom. The molecule has 1 heterocycles. The second-order valence-electron chi connectivity index (χ2n) is 4.47. The van der Waals surface area contributed by atoms with Crippen molar-refractivity contribution in [3.63, 3.8) is 0 Å². The van der Waals surface area contributed by atoms with Crippen LogP contribution in [-0.2, 0) is 6.54 Å². The lowest BCUT2D eigenvalue weighted by Gasteiger charge is -2.09. The molecule has 0 saturated heterocycles. The Labute approximate surface area is 88.3 Å². The van der Waals surface area contributed by atoms with Gasteiger partial charge in [-0.1, -0.05) is 5.92 Å². The first-order valence-electron chi connectivity index (χ1n) is 5.31. The molecule has 78 valence electrons. The second-order valence-corrected chi connectivity index (χ2v) is 4.47. The van der Waals surface area contributed by atoms with Crippen molar-refractivity contribution in [1.29, 1.82) is 0 Å². The molecule has 0 aromatic carbocycles. The summed E-state index contributed by atoms with van der Waals surface area (Å²) < 4.78 is 1.44. The van der Waals surface area contributed by atoms with Crippen molar-refractivity contribution in [1.82, 2.24) is 4.57 Å². The van der Waals surface area contributed by atoms with Gasteiger partial charge in [0, 0.05) is 11.1 Å². The molecule has 1 aromatic rings. The fraction of sp³-hybridized carbons (Fsp3) is 0.500. The van der Waals surface area contributed by atoms with Gasteiger partial charge in [0.2, 0.25) is 0 Å². The molecular weight excluding hydrogens is 190 g/mol. The molecule has 0 radical (unpaired) electrons. The number of fused-ring (bicyclic) bond motifs is 5. The van der Waals surface area contributed by atoms with Crippen LogP contribution >= 0.6 is 0 Å². The number of aromatic hydroxyl groups is 2. The van der Waals surface area contributed by atoms with Crippen molar-refractivity contribution >= 4 is 0 Å². The maximum absolute atomic E-state index is 9.99. The molecular formula is C12H13NO2. The fourth-order valence-corrected chi connectivity index (χ4v) is 3.18.